The highest BCUT2D eigenvalue weighted by atomic mass is 79.9. The summed E-state index contributed by atoms with van der Waals surface area (Å²) in [6.07, 6.45) is 0. The first-order chi connectivity index (χ1) is 10.0. The summed E-state index contributed by atoms with van der Waals surface area (Å²) in [7, 11) is 0. The number of hydrogen-bond acceptors (Lipinski definition) is 3. The molecule has 0 saturated heterocycles. The molecule has 6 heteroatoms. The molecule has 0 radical (unpaired) electrons. The van der Waals surface area contributed by atoms with Gasteiger partial charge in [-0.25, -0.2) is 0 Å². The molecule has 0 unspecified atom stereocenters. The average Bonchev–Trinajstić information content (AvgIpc) is 2.46. The van der Waals surface area contributed by atoms with Crippen LogP contribution in [0.1, 0.15) is 21.5 Å². The van der Waals surface area contributed by atoms with Crippen molar-refractivity contribution in [3.63, 3.8) is 0 Å². The second-order valence-corrected chi connectivity index (χ2v) is 5.11. The van der Waals surface area contributed by atoms with Crippen LogP contribution in [0.4, 0.5) is 11.4 Å². The summed E-state index contributed by atoms with van der Waals surface area (Å²) in [5.41, 5.74) is 2.60. The maximum atomic E-state index is 12.2. The van der Waals surface area contributed by atoms with Crippen molar-refractivity contribution in [2.45, 2.75) is 12.3 Å². The first kappa shape index (κ1) is 15.2. The molecular formula is C15H13BrN2O3. The fraction of sp³-hybridized carbons (Fsp3) is 0.133. The zero-order chi connectivity index (χ0) is 15.4. The lowest BCUT2D eigenvalue weighted by molar-refractivity contribution is -0.385. The van der Waals surface area contributed by atoms with Gasteiger partial charge < -0.3 is 5.32 Å². The van der Waals surface area contributed by atoms with Gasteiger partial charge in [-0.05, 0) is 36.8 Å². The number of carbonyl (C=O) groups is 1. The molecule has 1 N–H and O–H groups in total. The minimum atomic E-state index is -0.462. The van der Waals surface area contributed by atoms with Gasteiger partial charge in [0, 0.05) is 28.2 Å². The Morgan fingerprint density at radius 3 is 2.67 bits per heavy atom. The largest absolute Gasteiger partial charge is 0.322 e. The molecule has 0 aliphatic heterocycles. The van der Waals surface area contributed by atoms with Crippen molar-refractivity contribution in [3.8, 4) is 0 Å². The second-order valence-electron chi connectivity index (χ2n) is 4.55. The first-order valence-corrected chi connectivity index (χ1v) is 7.34. The minimum Gasteiger partial charge on any atom is -0.322 e. The molecule has 0 heterocycles. The molecule has 0 aromatic heterocycles. The number of rotatable bonds is 4. The summed E-state index contributed by atoms with van der Waals surface area (Å²) in [5.74, 6) is -0.292. The minimum absolute atomic E-state index is 0.00726. The van der Waals surface area contributed by atoms with Gasteiger partial charge in [-0.1, -0.05) is 28.1 Å². The lowest BCUT2D eigenvalue weighted by atomic mass is 10.1. The van der Waals surface area contributed by atoms with E-state index < -0.39 is 4.92 Å². The number of anilines is 1. The van der Waals surface area contributed by atoms with E-state index in [4.69, 9.17) is 0 Å². The Hall–Kier alpha value is -2.21. The molecule has 108 valence electrons. The highest BCUT2D eigenvalue weighted by molar-refractivity contribution is 9.08. The third kappa shape index (κ3) is 3.66. The van der Waals surface area contributed by atoms with Gasteiger partial charge in [-0.15, -0.1) is 0 Å². The Bertz CT molecular complexity index is 701. The van der Waals surface area contributed by atoms with Crippen LogP contribution < -0.4 is 5.32 Å². The van der Waals surface area contributed by atoms with Crippen molar-refractivity contribution in [2.75, 3.05) is 5.32 Å². The summed E-state index contributed by atoms with van der Waals surface area (Å²) < 4.78 is 0. The van der Waals surface area contributed by atoms with E-state index in [0.717, 1.165) is 5.56 Å². The average molecular weight is 349 g/mol. The molecule has 0 aliphatic rings. The van der Waals surface area contributed by atoms with Crippen molar-refractivity contribution in [1.29, 1.82) is 0 Å². The van der Waals surface area contributed by atoms with Crippen LogP contribution in [-0.2, 0) is 5.33 Å². The summed E-state index contributed by atoms with van der Waals surface area (Å²) in [4.78, 5) is 22.5. The number of nitrogens with zero attached hydrogens (tertiary/aromatic N) is 1. The predicted molar refractivity (Wildman–Crippen MR) is 84.9 cm³/mol. The van der Waals surface area contributed by atoms with Crippen molar-refractivity contribution >= 4 is 33.2 Å². The summed E-state index contributed by atoms with van der Waals surface area (Å²) in [5, 5.41) is 14.2. The van der Waals surface area contributed by atoms with Gasteiger partial charge in [0.2, 0.25) is 0 Å². The van der Waals surface area contributed by atoms with Crippen LogP contribution in [0.3, 0.4) is 0 Å². The number of aryl methyl sites for hydroxylation is 1. The molecule has 0 atom stereocenters. The van der Waals surface area contributed by atoms with E-state index in [0.29, 0.717) is 22.1 Å². The fourth-order valence-corrected chi connectivity index (χ4v) is 2.29. The lowest BCUT2D eigenvalue weighted by Crippen LogP contribution is -2.12. The van der Waals surface area contributed by atoms with E-state index in [9.17, 15) is 14.9 Å². The van der Waals surface area contributed by atoms with Crippen molar-refractivity contribution < 1.29 is 9.72 Å². The highest BCUT2D eigenvalue weighted by Crippen LogP contribution is 2.20. The predicted octanol–water partition coefficient (Wildman–Crippen LogP) is 4.05. The van der Waals surface area contributed by atoms with Gasteiger partial charge in [-0.3, -0.25) is 14.9 Å². The van der Waals surface area contributed by atoms with E-state index in [1.54, 1.807) is 13.0 Å². The Labute approximate surface area is 130 Å². The molecule has 2 aromatic rings. The number of amides is 1. The maximum absolute atomic E-state index is 12.2. The van der Waals surface area contributed by atoms with Gasteiger partial charge in [0.05, 0.1) is 4.92 Å². The molecule has 5 nitrogen and oxygen atoms in total. The molecule has 2 aromatic carbocycles. The van der Waals surface area contributed by atoms with Crippen LogP contribution in [0.15, 0.2) is 42.5 Å². The van der Waals surface area contributed by atoms with E-state index in [1.807, 2.05) is 18.2 Å². The SMILES string of the molecule is Cc1cc(C(=O)Nc2cccc(CBr)c2)ccc1[N+](=O)[O-]. The number of carbonyl (C=O) groups excluding carboxylic acids is 1. The standard InChI is InChI=1S/C15H13BrN2O3/c1-10-7-12(5-6-14(10)18(20)21)15(19)17-13-4-2-3-11(8-13)9-16/h2-8H,9H2,1H3,(H,17,19). The van der Waals surface area contributed by atoms with Crippen LogP contribution in [-0.4, -0.2) is 10.8 Å². The smallest absolute Gasteiger partial charge is 0.272 e. The van der Waals surface area contributed by atoms with Crippen LogP contribution in [0, 0.1) is 17.0 Å². The monoisotopic (exact) mass is 348 g/mol. The van der Waals surface area contributed by atoms with Gasteiger partial charge in [0.1, 0.15) is 0 Å². The Morgan fingerprint density at radius 2 is 2.05 bits per heavy atom. The Kier molecular flexibility index (Phi) is 4.70. The summed E-state index contributed by atoms with van der Waals surface area (Å²) in [6.45, 7) is 1.61. The van der Waals surface area contributed by atoms with E-state index in [1.165, 1.54) is 18.2 Å². The van der Waals surface area contributed by atoms with Crippen LogP contribution in [0.25, 0.3) is 0 Å². The maximum Gasteiger partial charge on any atom is 0.272 e. The number of benzene rings is 2. The number of halogens is 1. The third-order valence-electron chi connectivity index (χ3n) is 2.99. The number of hydrogen-bond donors (Lipinski definition) is 1. The number of nitrogens with one attached hydrogen (secondary N) is 1. The van der Waals surface area contributed by atoms with Crippen LogP contribution in [0.2, 0.25) is 0 Å². The van der Waals surface area contributed by atoms with Crippen molar-refractivity contribution in [1.82, 2.24) is 0 Å². The van der Waals surface area contributed by atoms with Crippen molar-refractivity contribution in [3.05, 3.63) is 69.3 Å². The summed E-state index contributed by atoms with van der Waals surface area (Å²) >= 11 is 3.36. The first-order valence-electron chi connectivity index (χ1n) is 6.22. The number of alkyl halides is 1. The zero-order valence-corrected chi connectivity index (χ0v) is 12.9. The fourth-order valence-electron chi connectivity index (χ4n) is 1.94. The van der Waals surface area contributed by atoms with Crippen LogP contribution >= 0.6 is 15.9 Å². The number of nitro benzene ring substituents is 1. The van der Waals surface area contributed by atoms with E-state index >= 15 is 0 Å². The third-order valence-corrected chi connectivity index (χ3v) is 3.64. The topological polar surface area (TPSA) is 72.2 Å². The molecule has 1 amide bonds. The van der Waals surface area contributed by atoms with E-state index in [2.05, 4.69) is 21.2 Å². The molecule has 0 aliphatic carbocycles. The van der Waals surface area contributed by atoms with Crippen LogP contribution in [0.5, 0.6) is 0 Å². The lowest BCUT2D eigenvalue weighted by Gasteiger charge is -2.07. The van der Waals surface area contributed by atoms with Gasteiger partial charge in [0.15, 0.2) is 0 Å². The Morgan fingerprint density at radius 1 is 1.29 bits per heavy atom. The molecule has 0 bridgehead atoms. The van der Waals surface area contributed by atoms with Crippen molar-refractivity contribution in [2.24, 2.45) is 0 Å². The normalized spacial score (nSPS) is 10.2. The molecule has 2 rings (SSSR count). The second kappa shape index (κ2) is 6.49. The van der Waals surface area contributed by atoms with Gasteiger partial charge >= 0.3 is 0 Å². The zero-order valence-electron chi connectivity index (χ0n) is 11.3. The molecule has 0 saturated carbocycles. The quantitative estimate of drug-likeness (QED) is 0.514. The summed E-state index contributed by atoms with van der Waals surface area (Å²) in [6, 6.07) is 11.8. The van der Waals surface area contributed by atoms with E-state index in [-0.39, 0.29) is 11.6 Å². The molecular weight excluding hydrogens is 336 g/mol. The molecule has 21 heavy (non-hydrogen) atoms. The van der Waals surface area contributed by atoms with Gasteiger partial charge in [-0.2, -0.15) is 0 Å². The van der Waals surface area contributed by atoms with Gasteiger partial charge in [0.25, 0.3) is 11.6 Å². The molecule has 0 fully saturated rings. The number of nitro groups is 1. The Balaban J connectivity index is 2.20. The highest BCUT2D eigenvalue weighted by Gasteiger charge is 2.13. The molecule has 0 spiro atoms.